The van der Waals surface area contributed by atoms with Crippen LogP contribution in [0.5, 0.6) is 11.5 Å². The van der Waals surface area contributed by atoms with Crippen LogP contribution in [0.1, 0.15) is 25.0 Å². The van der Waals surface area contributed by atoms with Crippen molar-refractivity contribution in [2.75, 3.05) is 33.9 Å². The number of hydrogen-bond donors (Lipinski definition) is 1. The fraction of sp³-hybridized carbons (Fsp3) is 0.688. The summed E-state index contributed by atoms with van der Waals surface area (Å²) in [7, 11) is 3.31. The van der Waals surface area contributed by atoms with Crippen molar-refractivity contribution in [2.45, 2.75) is 31.8 Å². The van der Waals surface area contributed by atoms with Gasteiger partial charge >= 0.3 is 0 Å². The van der Waals surface area contributed by atoms with Crippen molar-refractivity contribution in [3.8, 4) is 11.5 Å². The molecule has 1 atom stereocenters. The van der Waals surface area contributed by atoms with Crippen LogP contribution >= 0.6 is 0 Å². The van der Waals surface area contributed by atoms with Gasteiger partial charge < -0.3 is 19.7 Å². The smallest absolute Gasteiger partial charge is 0.183 e. The molecule has 1 aromatic heterocycles. The van der Waals surface area contributed by atoms with Crippen molar-refractivity contribution in [2.24, 2.45) is 5.92 Å². The van der Waals surface area contributed by atoms with E-state index in [9.17, 15) is 0 Å². The zero-order valence-electron chi connectivity index (χ0n) is 13.0. The molecule has 0 aromatic carbocycles. The Morgan fingerprint density at radius 1 is 1.29 bits per heavy atom. The van der Waals surface area contributed by atoms with Gasteiger partial charge in [0.2, 0.25) is 0 Å². The average molecular weight is 291 g/mol. The molecular formula is C16H25N3O2. The lowest BCUT2D eigenvalue weighted by molar-refractivity contribution is 0.311. The van der Waals surface area contributed by atoms with E-state index in [2.05, 4.69) is 15.2 Å². The number of likely N-dealkylation sites (tertiary alicyclic amines) is 1. The first-order valence-electron chi connectivity index (χ1n) is 7.82. The Morgan fingerprint density at radius 3 is 2.86 bits per heavy atom. The monoisotopic (exact) mass is 291 g/mol. The quantitative estimate of drug-likeness (QED) is 0.828. The van der Waals surface area contributed by atoms with Gasteiger partial charge in [0.1, 0.15) is 0 Å². The second kappa shape index (κ2) is 6.62. The van der Waals surface area contributed by atoms with Crippen LogP contribution in [0.4, 0.5) is 0 Å². The topological polar surface area (TPSA) is 46.6 Å². The first-order chi connectivity index (χ1) is 10.3. The van der Waals surface area contributed by atoms with Gasteiger partial charge in [-0.15, -0.1) is 0 Å². The summed E-state index contributed by atoms with van der Waals surface area (Å²) in [5.74, 6) is 2.24. The van der Waals surface area contributed by atoms with Crippen molar-refractivity contribution >= 4 is 0 Å². The van der Waals surface area contributed by atoms with Crippen LogP contribution in [-0.2, 0) is 6.54 Å². The summed E-state index contributed by atoms with van der Waals surface area (Å²) in [6.45, 7) is 4.30. The summed E-state index contributed by atoms with van der Waals surface area (Å²) in [5.41, 5.74) is 0.911. The first-order valence-corrected chi connectivity index (χ1v) is 7.82. The third-order valence-corrected chi connectivity index (χ3v) is 4.47. The zero-order valence-corrected chi connectivity index (χ0v) is 13.0. The van der Waals surface area contributed by atoms with Gasteiger partial charge in [-0.1, -0.05) is 0 Å². The van der Waals surface area contributed by atoms with E-state index >= 15 is 0 Å². The van der Waals surface area contributed by atoms with Gasteiger partial charge in [-0.05, 0) is 38.3 Å². The van der Waals surface area contributed by atoms with Gasteiger partial charge in [-0.3, -0.25) is 4.98 Å². The highest BCUT2D eigenvalue weighted by Gasteiger charge is 2.34. The number of pyridine rings is 1. The number of hydrogen-bond acceptors (Lipinski definition) is 5. The summed E-state index contributed by atoms with van der Waals surface area (Å²) in [4.78, 5) is 7.05. The first kappa shape index (κ1) is 14.6. The van der Waals surface area contributed by atoms with Crippen LogP contribution < -0.4 is 14.8 Å². The van der Waals surface area contributed by atoms with E-state index in [-0.39, 0.29) is 0 Å². The SMILES string of the molecule is COc1ccnc(CNCC2CCN(C3CC3)C2)c1OC. The van der Waals surface area contributed by atoms with E-state index in [1.165, 1.54) is 32.4 Å². The standard InChI is InChI=1S/C16H25N3O2/c1-20-15-5-7-18-14(16(15)21-2)10-17-9-12-6-8-19(11-12)13-3-4-13/h5,7,12-13,17H,3-4,6,8-11H2,1-2H3. The van der Waals surface area contributed by atoms with Gasteiger partial charge in [0, 0.05) is 31.4 Å². The fourth-order valence-corrected chi connectivity index (χ4v) is 3.17. The van der Waals surface area contributed by atoms with E-state index in [0.717, 1.165) is 42.2 Å². The minimum atomic E-state index is 0.723. The van der Waals surface area contributed by atoms with Crippen LogP contribution in [0.3, 0.4) is 0 Å². The molecule has 2 fully saturated rings. The van der Waals surface area contributed by atoms with Crippen LogP contribution in [-0.4, -0.2) is 49.8 Å². The molecule has 0 bridgehead atoms. The lowest BCUT2D eigenvalue weighted by Crippen LogP contribution is -2.27. The molecule has 1 saturated heterocycles. The summed E-state index contributed by atoms with van der Waals surface area (Å²) < 4.78 is 10.7. The third-order valence-electron chi connectivity index (χ3n) is 4.47. The van der Waals surface area contributed by atoms with Gasteiger partial charge in [0.25, 0.3) is 0 Å². The molecule has 0 radical (unpaired) electrons. The summed E-state index contributed by atoms with van der Waals surface area (Å²) >= 11 is 0. The summed E-state index contributed by atoms with van der Waals surface area (Å²) in [6.07, 6.45) is 5.89. The largest absolute Gasteiger partial charge is 0.493 e. The Morgan fingerprint density at radius 2 is 2.14 bits per heavy atom. The normalized spacial score (nSPS) is 22.5. The minimum Gasteiger partial charge on any atom is -0.493 e. The second-order valence-corrected chi connectivity index (χ2v) is 6.00. The highest BCUT2D eigenvalue weighted by atomic mass is 16.5. The van der Waals surface area contributed by atoms with Crippen molar-refractivity contribution in [3.63, 3.8) is 0 Å². The Kier molecular flexibility index (Phi) is 4.60. The average Bonchev–Trinajstić information content (AvgIpc) is 3.26. The molecule has 2 heterocycles. The molecule has 1 saturated carbocycles. The number of ether oxygens (including phenoxy) is 2. The van der Waals surface area contributed by atoms with E-state index in [1.807, 2.05) is 6.07 Å². The van der Waals surface area contributed by atoms with E-state index in [0.29, 0.717) is 0 Å². The molecule has 21 heavy (non-hydrogen) atoms. The Balaban J connectivity index is 1.49. The van der Waals surface area contributed by atoms with Gasteiger partial charge in [0.15, 0.2) is 11.5 Å². The van der Waals surface area contributed by atoms with Crippen LogP contribution in [0.25, 0.3) is 0 Å². The van der Waals surface area contributed by atoms with Crippen molar-refractivity contribution in [3.05, 3.63) is 18.0 Å². The van der Waals surface area contributed by atoms with Gasteiger partial charge in [-0.25, -0.2) is 0 Å². The number of methoxy groups -OCH3 is 2. The predicted molar refractivity (Wildman–Crippen MR) is 81.7 cm³/mol. The van der Waals surface area contributed by atoms with Gasteiger partial charge in [-0.2, -0.15) is 0 Å². The molecule has 0 spiro atoms. The maximum atomic E-state index is 5.41. The molecule has 1 aromatic rings. The number of nitrogens with one attached hydrogen (secondary N) is 1. The summed E-state index contributed by atoms with van der Waals surface area (Å²) in [5, 5.41) is 3.52. The van der Waals surface area contributed by atoms with E-state index < -0.39 is 0 Å². The van der Waals surface area contributed by atoms with Crippen molar-refractivity contribution in [1.29, 1.82) is 0 Å². The predicted octanol–water partition coefficient (Wildman–Crippen LogP) is 1.67. The molecule has 1 aliphatic carbocycles. The lowest BCUT2D eigenvalue weighted by Gasteiger charge is -2.16. The van der Waals surface area contributed by atoms with Crippen molar-refractivity contribution < 1.29 is 9.47 Å². The molecule has 0 amide bonds. The van der Waals surface area contributed by atoms with Crippen molar-refractivity contribution in [1.82, 2.24) is 15.2 Å². The maximum Gasteiger partial charge on any atom is 0.183 e. The van der Waals surface area contributed by atoms with Crippen LogP contribution in [0.2, 0.25) is 0 Å². The maximum absolute atomic E-state index is 5.41. The molecular weight excluding hydrogens is 266 g/mol. The Labute approximate surface area is 126 Å². The Hall–Kier alpha value is -1.33. The molecule has 2 aliphatic rings. The number of aromatic nitrogens is 1. The molecule has 1 N–H and O–H groups in total. The molecule has 5 nitrogen and oxygen atoms in total. The molecule has 1 aliphatic heterocycles. The third kappa shape index (κ3) is 3.47. The van der Waals surface area contributed by atoms with Gasteiger partial charge in [0.05, 0.1) is 19.9 Å². The highest BCUT2D eigenvalue weighted by Crippen LogP contribution is 2.32. The molecule has 3 rings (SSSR count). The highest BCUT2D eigenvalue weighted by molar-refractivity contribution is 5.42. The minimum absolute atomic E-state index is 0.723. The fourth-order valence-electron chi connectivity index (χ4n) is 3.17. The van der Waals surface area contributed by atoms with E-state index in [4.69, 9.17) is 9.47 Å². The number of nitrogens with zero attached hydrogens (tertiary/aromatic N) is 2. The molecule has 116 valence electrons. The molecule has 5 heteroatoms. The summed E-state index contributed by atoms with van der Waals surface area (Å²) in [6, 6.07) is 2.72. The van der Waals surface area contributed by atoms with Crippen LogP contribution in [0.15, 0.2) is 12.3 Å². The zero-order chi connectivity index (χ0) is 14.7. The molecule has 1 unspecified atom stereocenters. The van der Waals surface area contributed by atoms with E-state index in [1.54, 1.807) is 20.4 Å². The van der Waals surface area contributed by atoms with Crippen LogP contribution in [0, 0.1) is 5.92 Å². The second-order valence-electron chi connectivity index (χ2n) is 6.00. The number of rotatable bonds is 7. The lowest BCUT2D eigenvalue weighted by atomic mass is 10.1. The Bertz CT molecular complexity index is 477.